The monoisotopic (exact) mass is 330 g/mol. The van der Waals surface area contributed by atoms with Crippen molar-refractivity contribution in [1.82, 2.24) is 5.32 Å². The Morgan fingerprint density at radius 3 is 2.65 bits per heavy atom. The fourth-order valence-electron chi connectivity index (χ4n) is 1.92. The summed E-state index contributed by atoms with van der Waals surface area (Å²) in [7, 11) is 0. The van der Waals surface area contributed by atoms with Gasteiger partial charge in [-0.25, -0.2) is 0 Å². The number of nitrogens with one attached hydrogen (secondary N) is 1. The summed E-state index contributed by atoms with van der Waals surface area (Å²) in [5, 5.41) is 7.16. The number of amides is 1. The van der Waals surface area contributed by atoms with Gasteiger partial charge in [0.15, 0.2) is 6.61 Å². The Kier molecular flexibility index (Phi) is 6.63. The molecular weight excluding hydrogens is 312 g/mol. The molecule has 120 valence electrons. The van der Waals surface area contributed by atoms with E-state index in [1.807, 2.05) is 42.5 Å². The van der Waals surface area contributed by atoms with Gasteiger partial charge in [0.2, 0.25) is 0 Å². The number of carbonyl (C=O) groups is 1. The molecule has 1 N–H and O–H groups in total. The van der Waals surface area contributed by atoms with Crippen molar-refractivity contribution in [2.75, 3.05) is 6.61 Å². The van der Waals surface area contributed by atoms with Crippen LogP contribution in [0.1, 0.15) is 23.6 Å². The van der Waals surface area contributed by atoms with Gasteiger partial charge in [-0.05, 0) is 29.2 Å². The molecule has 0 saturated heterocycles. The third-order valence-electron chi connectivity index (χ3n) is 3.29. The van der Waals surface area contributed by atoms with E-state index in [0.29, 0.717) is 11.6 Å². The van der Waals surface area contributed by atoms with Gasteiger partial charge in [0.1, 0.15) is 0 Å². The van der Waals surface area contributed by atoms with Crippen LogP contribution in [-0.2, 0) is 22.6 Å². The number of aryl methyl sites for hydroxylation is 1. The maximum atomic E-state index is 11.7. The number of carbonyl (C=O) groups excluding carboxylic acids is 1. The maximum absolute atomic E-state index is 11.7. The first-order valence-corrected chi connectivity index (χ1v) is 7.81. The van der Waals surface area contributed by atoms with E-state index < -0.39 is 0 Å². The van der Waals surface area contributed by atoms with Gasteiger partial charge in [0.05, 0.1) is 6.21 Å². The molecule has 0 unspecified atom stereocenters. The van der Waals surface area contributed by atoms with E-state index in [9.17, 15) is 4.79 Å². The SMILES string of the molecule is CCc1ccc(/C=N\OCC(=O)NCc2ccccc2Cl)cc1. The van der Waals surface area contributed by atoms with E-state index >= 15 is 0 Å². The largest absolute Gasteiger partial charge is 0.386 e. The minimum absolute atomic E-state index is 0.131. The molecule has 1 amide bonds. The quantitative estimate of drug-likeness (QED) is 0.623. The summed E-state index contributed by atoms with van der Waals surface area (Å²) < 4.78 is 0. The number of benzene rings is 2. The number of hydrogen-bond acceptors (Lipinski definition) is 3. The van der Waals surface area contributed by atoms with Crippen LogP contribution in [0.4, 0.5) is 0 Å². The predicted octanol–water partition coefficient (Wildman–Crippen LogP) is 3.57. The van der Waals surface area contributed by atoms with E-state index in [-0.39, 0.29) is 12.5 Å². The summed E-state index contributed by atoms with van der Waals surface area (Å²) in [6, 6.07) is 15.4. The van der Waals surface area contributed by atoms with Crippen molar-refractivity contribution in [2.24, 2.45) is 5.16 Å². The molecule has 0 bridgehead atoms. The molecule has 0 radical (unpaired) electrons. The summed E-state index contributed by atoms with van der Waals surface area (Å²) >= 11 is 6.02. The summed E-state index contributed by atoms with van der Waals surface area (Å²) in [4.78, 5) is 16.7. The molecule has 0 aliphatic rings. The number of oxime groups is 1. The summed E-state index contributed by atoms with van der Waals surface area (Å²) in [6.45, 7) is 2.34. The zero-order valence-electron chi connectivity index (χ0n) is 13.0. The zero-order valence-corrected chi connectivity index (χ0v) is 13.7. The molecule has 5 heteroatoms. The number of hydrogen-bond donors (Lipinski definition) is 1. The van der Waals surface area contributed by atoms with Crippen LogP contribution in [0.15, 0.2) is 53.7 Å². The molecule has 2 rings (SSSR count). The molecule has 0 spiro atoms. The lowest BCUT2D eigenvalue weighted by molar-refractivity contribution is -0.125. The smallest absolute Gasteiger partial charge is 0.261 e. The molecular formula is C18H19ClN2O2. The first kappa shape index (κ1) is 17.0. The van der Waals surface area contributed by atoms with Crippen LogP contribution < -0.4 is 5.32 Å². The highest BCUT2D eigenvalue weighted by Gasteiger charge is 2.03. The zero-order chi connectivity index (χ0) is 16.5. The summed E-state index contributed by atoms with van der Waals surface area (Å²) in [6.07, 6.45) is 2.58. The lowest BCUT2D eigenvalue weighted by Crippen LogP contribution is -2.26. The molecule has 0 heterocycles. The Hall–Kier alpha value is -2.33. The summed E-state index contributed by atoms with van der Waals surface area (Å²) in [5.41, 5.74) is 3.06. The number of halogens is 1. The third-order valence-corrected chi connectivity index (χ3v) is 3.66. The van der Waals surface area contributed by atoms with Crippen molar-refractivity contribution >= 4 is 23.7 Å². The van der Waals surface area contributed by atoms with Crippen molar-refractivity contribution in [3.63, 3.8) is 0 Å². The predicted molar refractivity (Wildman–Crippen MR) is 92.7 cm³/mol. The molecule has 0 aromatic heterocycles. The third kappa shape index (κ3) is 5.75. The van der Waals surface area contributed by atoms with Gasteiger partial charge in [-0.15, -0.1) is 0 Å². The highest BCUT2D eigenvalue weighted by atomic mass is 35.5. The van der Waals surface area contributed by atoms with Gasteiger partial charge in [-0.3, -0.25) is 4.79 Å². The number of nitrogens with zero attached hydrogens (tertiary/aromatic N) is 1. The van der Waals surface area contributed by atoms with Crippen LogP contribution in [0.3, 0.4) is 0 Å². The van der Waals surface area contributed by atoms with Crippen molar-refractivity contribution < 1.29 is 9.63 Å². The topological polar surface area (TPSA) is 50.7 Å². The maximum Gasteiger partial charge on any atom is 0.261 e. The Bertz CT molecular complexity index is 669. The minimum atomic E-state index is -0.247. The van der Waals surface area contributed by atoms with Gasteiger partial charge < -0.3 is 10.2 Å². The fraction of sp³-hybridized carbons (Fsp3) is 0.222. The van der Waals surface area contributed by atoms with E-state index in [4.69, 9.17) is 16.4 Å². The summed E-state index contributed by atoms with van der Waals surface area (Å²) in [5.74, 6) is -0.247. The molecule has 4 nitrogen and oxygen atoms in total. The molecule has 0 fully saturated rings. The molecule has 0 atom stereocenters. The second kappa shape index (κ2) is 8.96. The normalized spacial score (nSPS) is 10.7. The average Bonchev–Trinajstić information content (AvgIpc) is 2.58. The van der Waals surface area contributed by atoms with Crippen LogP contribution in [-0.4, -0.2) is 18.7 Å². The second-order valence-corrected chi connectivity index (χ2v) is 5.38. The first-order chi connectivity index (χ1) is 11.2. The molecule has 23 heavy (non-hydrogen) atoms. The highest BCUT2D eigenvalue weighted by molar-refractivity contribution is 6.31. The van der Waals surface area contributed by atoms with E-state index in [0.717, 1.165) is 17.5 Å². The Labute approximate surface area is 141 Å². The van der Waals surface area contributed by atoms with Gasteiger partial charge >= 0.3 is 0 Å². The molecule has 2 aromatic carbocycles. The van der Waals surface area contributed by atoms with Crippen molar-refractivity contribution in [2.45, 2.75) is 19.9 Å². The standard InChI is InChI=1S/C18H19ClN2O2/c1-2-14-7-9-15(10-8-14)11-21-23-13-18(22)20-12-16-5-3-4-6-17(16)19/h3-11H,2,12-13H2,1H3,(H,20,22)/b21-11-. The van der Waals surface area contributed by atoms with E-state index in [1.54, 1.807) is 12.3 Å². The Balaban J connectivity index is 1.72. The second-order valence-electron chi connectivity index (χ2n) is 4.97. The van der Waals surface area contributed by atoms with Crippen molar-refractivity contribution in [1.29, 1.82) is 0 Å². The van der Waals surface area contributed by atoms with Crippen LogP contribution in [0.2, 0.25) is 5.02 Å². The van der Waals surface area contributed by atoms with E-state index in [2.05, 4.69) is 17.4 Å². The fourth-order valence-corrected chi connectivity index (χ4v) is 2.12. The van der Waals surface area contributed by atoms with Crippen LogP contribution in [0.25, 0.3) is 0 Å². The van der Waals surface area contributed by atoms with Crippen molar-refractivity contribution in [3.05, 3.63) is 70.2 Å². The van der Waals surface area contributed by atoms with Crippen molar-refractivity contribution in [3.8, 4) is 0 Å². The molecule has 0 aliphatic carbocycles. The van der Waals surface area contributed by atoms with Crippen LogP contribution in [0, 0.1) is 0 Å². The first-order valence-electron chi connectivity index (χ1n) is 7.43. The van der Waals surface area contributed by atoms with Crippen LogP contribution in [0.5, 0.6) is 0 Å². The molecule has 0 aliphatic heterocycles. The highest BCUT2D eigenvalue weighted by Crippen LogP contribution is 2.14. The molecule has 0 saturated carbocycles. The van der Waals surface area contributed by atoms with E-state index in [1.165, 1.54) is 5.56 Å². The van der Waals surface area contributed by atoms with Gasteiger partial charge in [0.25, 0.3) is 5.91 Å². The Morgan fingerprint density at radius 1 is 1.22 bits per heavy atom. The van der Waals surface area contributed by atoms with Gasteiger partial charge in [-0.2, -0.15) is 0 Å². The molecule has 2 aromatic rings. The lowest BCUT2D eigenvalue weighted by atomic mass is 10.1. The van der Waals surface area contributed by atoms with Gasteiger partial charge in [0, 0.05) is 11.6 Å². The average molecular weight is 331 g/mol. The lowest BCUT2D eigenvalue weighted by Gasteiger charge is -2.06. The minimum Gasteiger partial charge on any atom is -0.386 e. The Morgan fingerprint density at radius 2 is 1.96 bits per heavy atom. The van der Waals surface area contributed by atoms with Gasteiger partial charge in [-0.1, -0.05) is 66.1 Å². The number of rotatable bonds is 7. The van der Waals surface area contributed by atoms with Crippen LogP contribution >= 0.6 is 11.6 Å².